The van der Waals surface area contributed by atoms with Crippen LogP contribution in [0.2, 0.25) is 0 Å². The van der Waals surface area contributed by atoms with Crippen molar-refractivity contribution in [3.05, 3.63) is 53.1 Å². The Labute approximate surface area is 196 Å². The maximum atomic E-state index is 13.3. The zero-order chi connectivity index (χ0) is 24.5. The highest BCUT2D eigenvalue weighted by molar-refractivity contribution is 7.89. The molecule has 2 aliphatic heterocycles. The first-order chi connectivity index (χ1) is 16.1. The van der Waals surface area contributed by atoms with Crippen molar-refractivity contribution in [1.29, 1.82) is 0 Å². The number of rotatable bonds is 5. The van der Waals surface area contributed by atoms with Crippen molar-refractivity contribution in [3.8, 4) is 0 Å². The number of ether oxygens (including phenoxy) is 1. The fraction of sp³-hybridized carbons (Fsp3) is 0.435. The van der Waals surface area contributed by atoms with Gasteiger partial charge in [0.25, 0.3) is 5.91 Å². The van der Waals surface area contributed by atoms with Gasteiger partial charge in [0.2, 0.25) is 10.0 Å². The number of carbonyl (C=O) groups excluding carboxylic acids is 1. The topological polar surface area (TPSA) is 79.0 Å². The van der Waals surface area contributed by atoms with Crippen LogP contribution >= 0.6 is 0 Å². The Hall–Kier alpha value is -2.63. The number of halogens is 3. The minimum atomic E-state index is -4.56. The van der Waals surface area contributed by atoms with E-state index in [1.165, 1.54) is 28.6 Å². The van der Waals surface area contributed by atoms with Crippen molar-refractivity contribution < 1.29 is 31.1 Å². The van der Waals surface area contributed by atoms with Gasteiger partial charge in [0.05, 0.1) is 35.0 Å². The molecule has 0 bridgehead atoms. The van der Waals surface area contributed by atoms with E-state index in [0.717, 1.165) is 25.0 Å². The Morgan fingerprint density at radius 1 is 1.00 bits per heavy atom. The molecule has 1 N–H and O–H groups in total. The van der Waals surface area contributed by atoms with E-state index in [1.54, 1.807) is 6.92 Å². The van der Waals surface area contributed by atoms with Crippen molar-refractivity contribution in [1.82, 2.24) is 4.31 Å². The summed E-state index contributed by atoms with van der Waals surface area (Å²) in [6.07, 6.45) is -2.74. The molecule has 184 valence electrons. The van der Waals surface area contributed by atoms with Gasteiger partial charge in [-0.3, -0.25) is 4.79 Å². The van der Waals surface area contributed by atoms with E-state index in [-0.39, 0.29) is 42.4 Å². The van der Waals surface area contributed by atoms with Crippen molar-refractivity contribution >= 4 is 27.3 Å². The van der Waals surface area contributed by atoms with Crippen LogP contribution in [0.3, 0.4) is 0 Å². The summed E-state index contributed by atoms with van der Waals surface area (Å²) in [5.74, 6) is -0.682. The fourth-order valence-electron chi connectivity index (χ4n) is 4.19. The maximum absolute atomic E-state index is 13.3. The van der Waals surface area contributed by atoms with Crippen LogP contribution < -0.4 is 10.2 Å². The second-order valence-corrected chi connectivity index (χ2v) is 10.3. The van der Waals surface area contributed by atoms with Gasteiger partial charge in [0, 0.05) is 31.7 Å². The number of benzene rings is 2. The molecule has 0 unspecified atom stereocenters. The SMILES string of the molecule is Cc1ccc(C(=O)Nc2cc(C(F)(F)F)ccc2N2CCCC2)cc1S(=O)(=O)N1CCOCC1. The number of anilines is 2. The minimum absolute atomic E-state index is 0.00846. The van der Waals surface area contributed by atoms with Crippen molar-refractivity contribution in [2.45, 2.75) is 30.8 Å². The highest BCUT2D eigenvalue weighted by atomic mass is 32.2. The maximum Gasteiger partial charge on any atom is 0.416 e. The Kier molecular flexibility index (Phi) is 6.88. The normalized spacial score (nSPS) is 17.7. The van der Waals surface area contributed by atoms with Crippen molar-refractivity contribution in [3.63, 3.8) is 0 Å². The molecule has 2 fully saturated rings. The monoisotopic (exact) mass is 497 g/mol. The number of nitrogens with zero attached hydrogens (tertiary/aromatic N) is 2. The number of alkyl halides is 3. The summed E-state index contributed by atoms with van der Waals surface area (Å²) >= 11 is 0. The average molecular weight is 498 g/mol. The minimum Gasteiger partial charge on any atom is -0.379 e. The number of hydrogen-bond acceptors (Lipinski definition) is 5. The van der Waals surface area contributed by atoms with E-state index in [0.29, 0.717) is 24.3 Å². The molecule has 34 heavy (non-hydrogen) atoms. The number of hydrogen-bond donors (Lipinski definition) is 1. The molecule has 2 saturated heterocycles. The number of aryl methyl sites for hydroxylation is 1. The lowest BCUT2D eigenvalue weighted by atomic mass is 10.1. The molecular weight excluding hydrogens is 471 g/mol. The van der Waals surface area contributed by atoms with Crippen molar-refractivity contribution in [2.24, 2.45) is 0 Å². The van der Waals surface area contributed by atoms with Gasteiger partial charge >= 0.3 is 6.18 Å². The smallest absolute Gasteiger partial charge is 0.379 e. The number of morpholine rings is 1. The van der Waals surface area contributed by atoms with Gasteiger partial charge in [-0.15, -0.1) is 0 Å². The molecule has 2 aromatic carbocycles. The molecule has 0 aromatic heterocycles. The van der Waals surface area contributed by atoms with E-state index in [1.807, 2.05) is 4.90 Å². The van der Waals surface area contributed by atoms with Crippen LogP contribution in [-0.4, -0.2) is 58.0 Å². The van der Waals surface area contributed by atoms with Crippen LogP contribution in [0.4, 0.5) is 24.5 Å². The van der Waals surface area contributed by atoms with Crippen LogP contribution in [0.5, 0.6) is 0 Å². The van der Waals surface area contributed by atoms with Gasteiger partial charge in [-0.05, 0) is 55.7 Å². The third-order valence-corrected chi connectivity index (χ3v) is 8.10. The molecule has 2 aliphatic rings. The molecule has 2 aromatic rings. The Morgan fingerprint density at radius 3 is 2.32 bits per heavy atom. The largest absolute Gasteiger partial charge is 0.416 e. The highest BCUT2D eigenvalue weighted by Gasteiger charge is 2.32. The first-order valence-corrected chi connectivity index (χ1v) is 12.5. The molecule has 1 amide bonds. The van der Waals surface area contributed by atoms with E-state index in [4.69, 9.17) is 4.74 Å². The molecule has 0 saturated carbocycles. The standard InChI is InChI=1S/C23H26F3N3O4S/c1-16-4-5-17(14-21(16)34(31,32)29-10-12-33-13-11-29)22(30)27-19-15-18(23(24,25)26)6-7-20(19)28-8-2-3-9-28/h4-7,14-15H,2-3,8-13H2,1H3,(H,27,30). The van der Waals surface area contributed by atoms with E-state index in [2.05, 4.69) is 5.32 Å². The fourth-order valence-corrected chi connectivity index (χ4v) is 5.84. The lowest BCUT2D eigenvalue weighted by Gasteiger charge is -2.27. The Bertz CT molecular complexity index is 1170. The van der Waals surface area contributed by atoms with Gasteiger partial charge < -0.3 is 15.0 Å². The summed E-state index contributed by atoms with van der Waals surface area (Å²) < 4.78 is 72.8. The molecule has 4 rings (SSSR count). The quantitative estimate of drug-likeness (QED) is 0.678. The van der Waals surface area contributed by atoms with E-state index in [9.17, 15) is 26.4 Å². The Balaban J connectivity index is 1.66. The number of carbonyl (C=O) groups is 1. The molecule has 2 heterocycles. The zero-order valence-electron chi connectivity index (χ0n) is 18.7. The lowest BCUT2D eigenvalue weighted by molar-refractivity contribution is -0.137. The predicted molar refractivity (Wildman–Crippen MR) is 122 cm³/mol. The first-order valence-electron chi connectivity index (χ1n) is 11.0. The van der Waals surface area contributed by atoms with Gasteiger partial charge in [-0.2, -0.15) is 17.5 Å². The molecule has 0 aliphatic carbocycles. The van der Waals surface area contributed by atoms with Crippen LogP contribution in [0.25, 0.3) is 0 Å². The molecule has 0 atom stereocenters. The van der Waals surface area contributed by atoms with E-state index >= 15 is 0 Å². The summed E-state index contributed by atoms with van der Waals surface area (Å²) in [6.45, 7) is 3.98. The van der Waals surface area contributed by atoms with Crippen LogP contribution in [0.1, 0.15) is 34.3 Å². The number of sulfonamides is 1. The Morgan fingerprint density at radius 2 is 1.68 bits per heavy atom. The third-order valence-electron chi connectivity index (χ3n) is 6.06. The van der Waals surface area contributed by atoms with Gasteiger partial charge in [-0.25, -0.2) is 8.42 Å². The molecule has 0 radical (unpaired) electrons. The highest BCUT2D eigenvalue weighted by Crippen LogP contribution is 2.37. The lowest BCUT2D eigenvalue weighted by Crippen LogP contribution is -2.40. The number of nitrogens with one attached hydrogen (secondary N) is 1. The zero-order valence-corrected chi connectivity index (χ0v) is 19.5. The van der Waals surface area contributed by atoms with Crippen LogP contribution in [0, 0.1) is 6.92 Å². The van der Waals surface area contributed by atoms with Crippen LogP contribution in [0.15, 0.2) is 41.3 Å². The number of amides is 1. The van der Waals surface area contributed by atoms with Crippen molar-refractivity contribution in [2.75, 3.05) is 49.6 Å². The summed E-state index contributed by atoms with van der Waals surface area (Å²) in [6, 6.07) is 7.56. The summed E-state index contributed by atoms with van der Waals surface area (Å²) in [4.78, 5) is 15.0. The second kappa shape index (κ2) is 9.55. The first kappa shape index (κ1) is 24.5. The average Bonchev–Trinajstić information content (AvgIpc) is 3.34. The summed E-state index contributed by atoms with van der Waals surface area (Å²) in [7, 11) is -3.85. The van der Waals surface area contributed by atoms with Gasteiger partial charge in [0.15, 0.2) is 0 Å². The van der Waals surface area contributed by atoms with E-state index < -0.39 is 27.7 Å². The molecular formula is C23H26F3N3O4S. The summed E-state index contributed by atoms with van der Waals surface area (Å²) in [5, 5.41) is 2.58. The predicted octanol–water partition coefficient (Wildman–Crippen LogP) is 3.89. The molecule has 11 heteroatoms. The van der Waals surface area contributed by atoms with Gasteiger partial charge in [-0.1, -0.05) is 6.07 Å². The third kappa shape index (κ3) is 5.06. The molecule has 0 spiro atoms. The summed E-state index contributed by atoms with van der Waals surface area (Å²) in [5.41, 5.74) is 0.194. The van der Waals surface area contributed by atoms with Gasteiger partial charge in [0.1, 0.15) is 0 Å². The van der Waals surface area contributed by atoms with Crippen LogP contribution in [-0.2, 0) is 20.9 Å². The second-order valence-electron chi connectivity index (χ2n) is 8.37. The molecule has 7 nitrogen and oxygen atoms in total.